The van der Waals surface area contributed by atoms with Gasteiger partial charge in [-0.15, -0.1) is 0 Å². The highest BCUT2D eigenvalue weighted by atomic mass is 16.5. The number of rotatable bonds is 4. The average Bonchev–Trinajstić information content (AvgIpc) is 2.46. The summed E-state index contributed by atoms with van der Waals surface area (Å²) in [4.78, 5) is 28.6. The van der Waals surface area contributed by atoms with Gasteiger partial charge >= 0.3 is 11.9 Å². The van der Waals surface area contributed by atoms with Crippen molar-refractivity contribution >= 4 is 11.9 Å². The Bertz CT molecular complexity index is 825. The highest BCUT2D eigenvalue weighted by molar-refractivity contribution is 6.07. The summed E-state index contributed by atoms with van der Waals surface area (Å²) in [6.45, 7) is 9.11. The van der Waals surface area contributed by atoms with Crippen LogP contribution in [0.1, 0.15) is 50.2 Å². The third-order valence-electron chi connectivity index (χ3n) is 3.90. The second kappa shape index (κ2) is 6.83. The lowest BCUT2D eigenvalue weighted by Crippen LogP contribution is -2.16. The molecule has 0 aliphatic heterocycles. The molecule has 126 valence electrons. The highest BCUT2D eigenvalue weighted by Gasteiger charge is 2.27. The maximum absolute atomic E-state index is 12.5. The number of carboxylic acid groups (broad SMARTS) is 1. The molecule has 0 fully saturated rings. The van der Waals surface area contributed by atoms with Crippen molar-refractivity contribution in [1.29, 1.82) is 0 Å². The van der Waals surface area contributed by atoms with Crippen LogP contribution in [0, 0.1) is 27.7 Å². The third kappa shape index (κ3) is 3.15. The number of pyridine rings is 1. The van der Waals surface area contributed by atoms with E-state index in [2.05, 4.69) is 4.98 Å². The smallest absolute Gasteiger partial charge is 0.340 e. The Hall–Kier alpha value is -2.69. The second-order valence-electron chi connectivity index (χ2n) is 5.75. The number of benzene rings is 1. The van der Waals surface area contributed by atoms with Gasteiger partial charge in [0.1, 0.15) is 0 Å². The highest BCUT2D eigenvalue weighted by Crippen LogP contribution is 2.34. The molecule has 0 aliphatic carbocycles. The number of ether oxygens (including phenoxy) is 1. The first-order valence-electron chi connectivity index (χ1n) is 7.77. The maximum Gasteiger partial charge on any atom is 0.340 e. The minimum atomic E-state index is -1.11. The van der Waals surface area contributed by atoms with E-state index in [4.69, 9.17) is 4.74 Å². The van der Waals surface area contributed by atoms with Crippen LogP contribution >= 0.6 is 0 Å². The van der Waals surface area contributed by atoms with Gasteiger partial charge < -0.3 is 9.84 Å². The van der Waals surface area contributed by atoms with Crippen molar-refractivity contribution < 1.29 is 19.4 Å². The van der Waals surface area contributed by atoms with Crippen LogP contribution < -0.4 is 0 Å². The molecule has 0 amide bonds. The molecule has 0 bridgehead atoms. The fraction of sp³-hybridized carbons (Fsp3) is 0.316. The van der Waals surface area contributed by atoms with Crippen LogP contribution in [0.5, 0.6) is 0 Å². The molecule has 1 aromatic carbocycles. The molecule has 0 unspecified atom stereocenters. The fourth-order valence-corrected chi connectivity index (χ4v) is 2.93. The summed E-state index contributed by atoms with van der Waals surface area (Å²) >= 11 is 0. The van der Waals surface area contributed by atoms with Crippen LogP contribution in [0.15, 0.2) is 18.2 Å². The van der Waals surface area contributed by atoms with E-state index >= 15 is 0 Å². The lowest BCUT2D eigenvalue weighted by Gasteiger charge is -2.18. The predicted octanol–water partition coefficient (Wildman–Crippen LogP) is 3.86. The van der Waals surface area contributed by atoms with Crippen molar-refractivity contribution in [3.05, 3.63) is 51.8 Å². The summed E-state index contributed by atoms with van der Waals surface area (Å²) in [5.41, 5.74) is 4.14. The van der Waals surface area contributed by atoms with Crippen LogP contribution in [0.25, 0.3) is 11.1 Å². The van der Waals surface area contributed by atoms with E-state index in [1.807, 2.05) is 32.0 Å². The number of carbonyl (C=O) groups excluding carboxylic acids is 1. The first kappa shape index (κ1) is 17.7. The summed E-state index contributed by atoms with van der Waals surface area (Å²) in [6.07, 6.45) is 0. The van der Waals surface area contributed by atoms with Crippen molar-refractivity contribution in [1.82, 2.24) is 4.98 Å². The molecule has 5 heteroatoms. The first-order valence-corrected chi connectivity index (χ1v) is 7.77. The lowest BCUT2D eigenvalue weighted by molar-refractivity contribution is 0.0526. The van der Waals surface area contributed by atoms with Gasteiger partial charge in [0, 0.05) is 5.56 Å². The molecule has 2 aromatic rings. The van der Waals surface area contributed by atoms with E-state index in [0.29, 0.717) is 22.5 Å². The summed E-state index contributed by atoms with van der Waals surface area (Å²) in [7, 11) is 0. The molecule has 1 aromatic heterocycles. The minimum absolute atomic E-state index is 0.0376. The largest absolute Gasteiger partial charge is 0.478 e. The molecule has 1 N–H and O–H groups in total. The van der Waals surface area contributed by atoms with E-state index in [9.17, 15) is 14.7 Å². The van der Waals surface area contributed by atoms with Gasteiger partial charge in [0.2, 0.25) is 0 Å². The Morgan fingerprint density at radius 2 is 1.71 bits per heavy atom. The fourth-order valence-electron chi connectivity index (χ4n) is 2.93. The van der Waals surface area contributed by atoms with Crippen LogP contribution in [-0.4, -0.2) is 28.6 Å². The van der Waals surface area contributed by atoms with Crippen molar-refractivity contribution in [3.63, 3.8) is 0 Å². The lowest BCUT2D eigenvalue weighted by atomic mass is 9.89. The number of aromatic nitrogens is 1. The van der Waals surface area contributed by atoms with E-state index < -0.39 is 11.9 Å². The number of hydrogen-bond donors (Lipinski definition) is 1. The molecule has 0 spiro atoms. The van der Waals surface area contributed by atoms with Crippen LogP contribution in [0.4, 0.5) is 0 Å². The number of nitrogens with zero attached hydrogens (tertiary/aromatic N) is 1. The topological polar surface area (TPSA) is 76.5 Å². The van der Waals surface area contributed by atoms with Gasteiger partial charge in [0.25, 0.3) is 0 Å². The van der Waals surface area contributed by atoms with Crippen molar-refractivity contribution in [3.8, 4) is 11.1 Å². The number of aromatic carboxylic acids is 1. The zero-order chi connectivity index (χ0) is 18.0. The first-order chi connectivity index (χ1) is 11.3. The minimum Gasteiger partial charge on any atom is -0.478 e. The molecular formula is C19H21NO4. The summed E-state index contributed by atoms with van der Waals surface area (Å²) in [5, 5.41) is 9.69. The molecule has 0 radical (unpaired) electrons. The van der Waals surface area contributed by atoms with E-state index in [1.165, 1.54) is 0 Å². The molecule has 0 saturated carbocycles. The molecular weight excluding hydrogens is 306 g/mol. The normalized spacial score (nSPS) is 10.5. The number of carbonyl (C=O) groups is 2. The van der Waals surface area contributed by atoms with Gasteiger partial charge in [0.05, 0.1) is 29.1 Å². The Labute approximate surface area is 141 Å². The SMILES string of the molecule is CCOC(=O)c1c(C)nc(C)c(C(=O)O)c1-c1ccc(C)cc1C. The van der Waals surface area contributed by atoms with Gasteiger partial charge in [-0.1, -0.05) is 23.8 Å². The zero-order valence-corrected chi connectivity index (χ0v) is 14.6. The summed E-state index contributed by atoms with van der Waals surface area (Å²) < 4.78 is 5.14. The van der Waals surface area contributed by atoms with Crippen molar-refractivity contribution in [2.24, 2.45) is 0 Å². The predicted molar refractivity (Wildman–Crippen MR) is 91.5 cm³/mol. The van der Waals surface area contributed by atoms with Crippen LogP contribution in [0.3, 0.4) is 0 Å². The number of aryl methyl sites for hydroxylation is 4. The Balaban J connectivity index is 2.93. The Morgan fingerprint density at radius 3 is 2.25 bits per heavy atom. The van der Waals surface area contributed by atoms with E-state index in [0.717, 1.165) is 11.1 Å². The van der Waals surface area contributed by atoms with Crippen LogP contribution in [0.2, 0.25) is 0 Å². The maximum atomic E-state index is 12.5. The molecule has 0 atom stereocenters. The van der Waals surface area contributed by atoms with Gasteiger partial charge in [-0.2, -0.15) is 0 Å². The van der Waals surface area contributed by atoms with Gasteiger partial charge in [-0.3, -0.25) is 4.98 Å². The molecule has 0 aliphatic rings. The van der Waals surface area contributed by atoms with Crippen LogP contribution in [-0.2, 0) is 4.74 Å². The molecule has 5 nitrogen and oxygen atoms in total. The zero-order valence-electron chi connectivity index (χ0n) is 14.6. The second-order valence-corrected chi connectivity index (χ2v) is 5.75. The number of hydrogen-bond acceptors (Lipinski definition) is 4. The molecule has 24 heavy (non-hydrogen) atoms. The molecule has 1 heterocycles. The van der Waals surface area contributed by atoms with Crippen molar-refractivity contribution in [2.45, 2.75) is 34.6 Å². The monoisotopic (exact) mass is 327 g/mol. The Morgan fingerprint density at radius 1 is 1.08 bits per heavy atom. The van der Waals surface area contributed by atoms with Gasteiger partial charge in [-0.05, 0) is 45.7 Å². The Kier molecular flexibility index (Phi) is 5.02. The quantitative estimate of drug-likeness (QED) is 0.863. The third-order valence-corrected chi connectivity index (χ3v) is 3.90. The number of carboxylic acids is 1. The average molecular weight is 327 g/mol. The van der Waals surface area contributed by atoms with Crippen molar-refractivity contribution in [2.75, 3.05) is 6.61 Å². The summed E-state index contributed by atoms with van der Waals surface area (Å²) in [5.74, 6) is -1.67. The standard InChI is InChI=1S/C19H21NO4/c1-6-24-19(23)16-13(5)20-12(4)15(18(21)22)17(16)14-8-7-10(2)9-11(14)3/h7-9H,6H2,1-5H3,(H,21,22). The van der Waals surface area contributed by atoms with Gasteiger partial charge in [0.15, 0.2) is 0 Å². The number of esters is 1. The molecule has 2 rings (SSSR count). The summed E-state index contributed by atoms with van der Waals surface area (Å²) in [6, 6.07) is 5.70. The van der Waals surface area contributed by atoms with E-state index in [-0.39, 0.29) is 17.7 Å². The van der Waals surface area contributed by atoms with Gasteiger partial charge in [-0.25, -0.2) is 9.59 Å². The van der Waals surface area contributed by atoms with E-state index in [1.54, 1.807) is 20.8 Å². The molecule has 0 saturated heterocycles.